The topological polar surface area (TPSA) is 126 Å². The average molecular weight is 281 g/mol. The lowest BCUT2D eigenvalue weighted by molar-refractivity contribution is 0.417. The van der Waals surface area contributed by atoms with Crippen LogP contribution in [0.25, 0.3) is 10.9 Å². The Hall–Kier alpha value is -3.34. The molecule has 2 heterocycles. The largest absolute Gasteiger partial charge is 0.494 e. The SMILES string of the molecule is COc1cc2[nH]ncc2cc1Nc1ncnc(N)c1C#N. The minimum atomic E-state index is 0.123. The van der Waals surface area contributed by atoms with Gasteiger partial charge in [0.2, 0.25) is 0 Å². The predicted molar refractivity (Wildman–Crippen MR) is 77.1 cm³/mol. The number of hydrogen-bond acceptors (Lipinski definition) is 7. The molecule has 104 valence electrons. The fraction of sp³-hybridized carbons (Fsp3) is 0.0769. The first kappa shape index (κ1) is 12.7. The molecule has 8 nitrogen and oxygen atoms in total. The molecule has 0 amide bonds. The first-order valence-corrected chi connectivity index (χ1v) is 6.01. The second kappa shape index (κ2) is 4.97. The van der Waals surface area contributed by atoms with Crippen molar-refractivity contribution in [2.24, 2.45) is 0 Å². The van der Waals surface area contributed by atoms with Crippen molar-refractivity contribution in [3.8, 4) is 11.8 Å². The fourth-order valence-electron chi connectivity index (χ4n) is 1.97. The van der Waals surface area contributed by atoms with Gasteiger partial charge in [-0.3, -0.25) is 5.10 Å². The Morgan fingerprint density at radius 3 is 3.00 bits per heavy atom. The van der Waals surface area contributed by atoms with Gasteiger partial charge < -0.3 is 15.8 Å². The zero-order chi connectivity index (χ0) is 14.8. The monoisotopic (exact) mass is 281 g/mol. The van der Waals surface area contributed by atoms with E-state index in [0.29, 0.717) is 17.3 Å². The molecule has 3 aromatic rings. The molecule has 0 aliphatic carbocycles. The molecular formula is C13H11N7O. The number of anilines is 3. The van der Waals surface area contributed by atoms with Crippen molar-refractivity contribution in [3.63, 3.8) is 0 Å². The molecule has 21 heavy (non-hydrogen) atoms. The summed E-state index contributed by atoms with van der Waals surface area (Å²) in [4.78, 5) is 7.84. The molecule has 2 aromatic heterocycles. The highest BCUT2D eigenvalue weighted by atomic mass is 16.5. The molecule has 0 saturated carbocycles. The predicted octanol–water partition coefficient (Wildman–Crippen LogP) is 1.56. The first-order valence-electron chi connectivity index (χ1n) is 6.01. The van der Waals surface area contributed by atoms with Gasteiger partial charge in [-0.05, 0) is 6.07 Å². The van der Waals surface area contributed by atoms with Gasteiger partial charge in [0.15, 0.2) is 5.82 Å². The van der Waals surface area contributed by atoms with Crippen molar-refractivity contribution >= 4 is 28.2 Å². The molecule has 0 spiro atoms. The number of fused-ring (bicyclic) bond motifs is 1. The Bertz CT molecular complexity index is 849. The molecule has 0 unspecified atom stereocenters. The summed E-state index contributed by atoms with van der Waals surface area (Å²) in [6.45, 7) is 0. The van der Waals surface area contributed by atoms with E-state index >= 15 is 0 Å². The van der Waals surface area contributed by atoms with E-state index in [0.717, 1.165) is 10.9 Å². The van der Waals surface area contributed by atoms with Gasteiger partial charge in [0.05, 0.1) is 24.5 Å². The maximum atomic E-state index is 9.15. The molecule has 0 bridgehead atoms. The van der Waals surface area contributed by atoms with Gasteiger partial charge in [-0.1, -0.05) is 0 Å². The van der Waals surface area contributed by atoms with Crippen LogP contribution in [-0.2, 0) is 0 Å². The summed E-state index contributed by atoms with van der Waals surface area (Å²) in [7, 11) is 1.56. The van der Waals surface area contributed by atoms with Crippen molar-refractivity contribution < 1.29 is 4.74 Å². The molecule has 0 saturated heterocycles. The van der Waals surface area contributed by atoms with Crippen molar-refractivity contribution in [2.45, 2.75) is 0 Å². The normalized spacial score (nSPS) is 10.3. The number of aromatic nitrogens is 4. The number of ether oxygens (including phenoxy) is 1. The Kier molecular flexibility index (Phi) is 3.00. The molecule has 1 aromatic carbocycles. The van der Waals surface area contributed by atoms with Crippen LogP contribution in [0.1, 0.15) is 5.56 Å². The zero-order valence-corrected chi connectivity index (χ0v) is 11.1. The van der Waals surface area contributed by atoms with E-state index in [-0.39, 0.29) is 11.4 Å². The van der Waals surface area contributed by atoms with Crippen molar-refractivity contribution in [1.82, 2.24) is 20.2 Å². The Labute approximate surface area is 119 Å². The zero-order valence-electron chi connectivity index (χ0n) is 11.1. The molecule has 0 aliphatic rings. The molecule has 4 N–H and O–H groups in total. The summed E-state index contributed by atoms with van der Waals surface area (Å²) in [5, 5.41) is 19.9. The van der Waals surface area contributed by atoms with E-state index in [4.69, 9.17) is 15.7 Å². The van der Waals surface area contributed by atoms with Crippen LogP contribution in [0.3, 0.4) is 0 Å². The summed E-state index contributed by atoms with van der Waals surface area (Å²) in [5.41, 5.74) is 7.36. The van der Waals surface area contributed by atoms with Crippen molar-refractivity contribution in [2.75, 3.05) is 18.2 Å². The minimum absolute atomic E-state index is 0.123. The van der Waals surface area contributed by atoms with Gasteiger partial charge >= 0.3 is 0 Å². The van der Waals surface area contributed by atoms with Crippen molar-refractivity contribution in [3.05, 3.63) is 30.2 Å². The van der Waals surface area contributed by atoms with Crippen LogP contribution in [0, 0.1) is 11.3 Å². The minimum Gasteiger partial charge on any atom is -0.494 e. The second-order valence-corrected chi connectivity index (χ2v) is 4.23. The van der Waals surface area contributed by atoms with E-state index in [9.17, 15) is 0 Å². The number of nitrogens with two attached hydrogens (primary N) is 1. The van der Waals surface area contributed by atoms with E-state index in [1.54, 1.807) is 19.4 Å². The summed E-state index contributed by atoms with van der Waals surface area (Å²) in [6.07, 6.45) is 2.99. The highest BCUT2D eigenvalue weighted by molar-refractivity contribution is 5.87. The van der Waals surface area contributed by atoms with Gasteiger partial charge in [-0.2, -0.15) is 10.4 Å². The lowest BCUT2D eigenvalue weighted by Crippen LogP contribution is -2.03. The van der Waals surface area contributed by atoms with E-state index < -0.39 is 0 Å². The van der Waals surface area contributed by atoms with E-state index in [1.165, 1.54) is 6.33 Å². The highest BCUT2D eigenvalue weighted by Crippen LogP contribution is 2.32. The van der Waals surface area contributed by atoms with Crippen molar-refractivity contribution in [1.29, 1.82) is 5.26 Å². The van der Waals surface area contributed by atoms with Gasteiger partial charge in [0.1, 0.15) is 29.5 Å². The third kappa shape index (κ3) is 2.17. The highest BCUT2D eigenvalue weighted by Gasteiger charge is 2.12. The molecule has 3 rings (SSSR count). The Morgan fingerprint density at radius 1 is 1.38 bits per heavy atom. The van der Waals surface area contributed by atoms with Crippen LogP contribution in [0.5, 0.6) is 5.75 Å². The number of H-pyrrole nitrogens is 1. The molecule has 8 heteroatoms. The smallest absolute Gasteiger partial charge is 0.154 e. The van der Waals surface area contributed by atoms with Crippen LogP contribution in [-0.4, -0.2) is 27.3 Å². The van der Waals surface area contributed by atoms with E-state index in [2.05, 4.69) is 25.5 Å². The number of nitrogen functional groups attached to an aromatic ring is 1. The van der Waals surface area contributed by atoms with Gasteiger partial charge in [0.25, 0.3) is 0 Å². The standard InChI is InChI=1S/C13H11N7O/c1-21-11-3-9-7(5-18-20-9)2-10(11)19-13-8(4-14)12(15)16-6-17-13/h2-3,5-6H,1H3,(H,18,20)(H3,15,16,17,19). The molecule has 0 atom stereocenters. The lowest BCUT2D eigenvalue weighted by Gasteiger charge is -2.12. The number of benzene rings is 1. The maximum Gasteiger partial charge on any atom is 0.154 e. The van der Waals surface area contributed by atoms with Gasteiger partial charge in [0, 0.05) is 11.5 Å². The van der Waals surface area contributed by atoms with Crippen LogP contribution < -0.4 is 15.8 Å². The van der Waals surface area contributed by atoms with Crippen LogP contribution in [0.2, 0.25) is 0 Å². The number of hydrogen-bond donors (Lipinski definition) is 3. The summed E-state index contributed by atoms with van der Waals surface area (Å²) in [6, 6.07) is 5.63. The van der Waals surface area contributed by atoms with Crippen LogP contribution in [0.15, 0.2) is 24.7 Å². The number of nitriles is 1. The van der Waals surface area contributed by atoms with Crippen LogP contribution in [0.4, 0.5) is 17.3 Å². The van der Waals surface area contributed by atoms with Crippen LogP contribution >= 0.6 is 0 Å². The molecular weight excluding hydrogens is 270 g/mol. The number of aromatic amines is 1. The summed E-state index contributed by atoms with van der Waals surface area (Å²) >= 11 is 0. The second-order valence-electron chi connectivity index (χ2n) is 4.23. The first-order chi connectivity index (χ1) is 10.2. The summed E-state index contributed by atoms with van der Waals surface area (Å²) < 4.78 is 5.33. The average Bonchev–Trinajstić information content (AvgIpc) is 2.94. The number of methoxy groups -OCH3 is 1. The number of nitrogens with one attached hydrogen (secondary N) is 2. The van der Waals surface area contributed by atoms with Gasteiger partial charge in [-0.15, -0.1) is 0 Å². The third-order valence-corrected chi connectivity index (χ3v) is 3.00. The maximum absolute atomic E-state index is 9.15. The van der Waals surface area contributed by atoms with Gasteiger partial charge in [-0.25, -0.2) is 9.97 Å². The Balaban J connectivity index is 2.09. The lowest BCUT2D eigenvalue weighted by atomic mass is 10.2. The number of nitrogens with zero attached hydrogens (tertiary/aromatic N) is 4. The third-order valence-electron chi connectivity index (χ3n) is 3.00. The Morgan fingerprint density at radius 2 is 2.24 bits per heavy atom. The molecule has 0 fully saturated rings. The molecule has 0 aliphatic heterocycles. The quantitative estimate of drug-likeness (QED) is 0.665. The fourth-order valence-corrected chi connectivity index (χ4v) is 1.97. The molecule has 0 radical (unpaired) electrons. The number of rotatable bonds is 3. The van der Waals surface area contributed by atoms with E-state index in [1.807, 2.05) is 12.1 Å². The summed E-state index contributed by atoms with van der Waals surface area (Å²) in [5.74, 6) is 1.04.